The Kier molecular flexibility index (Phi) is 21.0. The third kappa shape index (κ3) is 12.9. The van der Waals surface area contributed by atoms with Gasteiger partial charge in [0.25, 0.3) is 20.4 Å². The highest BCUT2D eigenvalue weighted by molar-refractivity contribution is 6.16. The maximum absolute atomic E-state index is 13.4. The highest BCUT2D eigenvalue weighted by atomic mass is 16.6. The summed E-state index contributed by atoms with van der Waals surface area (Å²) in [4.78, 5) is 52.2. The third-order valence-corrected chi connectivity index (χ3v) is 15.0. The van der Waals surface area contributed by atoms with Gasteiger partial charge < -0.3 is 71.6 Å². The molecule has 0 atom stereocenters. The third-order valence-electron chi connectivity index (χ3n) is 15.0. The van der Waals surface area contributed by atoms with E-state index in [2.05, 4.69) is 25.3 Å². The van der Waals surface area contributed by atoms with Crippen molar-refractivity contribution in [2.45, 2.75) is 89.5 Å². The smallest absolute Gasteiger partial charge is 0.298 e. The highest BCUT2D eigenvalue weighted by Crippen LogP contribution is 2.50. The molecule has 6 aromatic heterocycles. The Bertz CT molecular complexity index is 4120. The largest absolute Gasteiger partial charge is 0.496 e. The van der Waals surface area contributed by atoms with Gasteiger partial charge in [0, 0.05) is 71.7 Å². The van der Waals surface area contributed by atoms with Crippen molar-refractivity contribution in [1.29, 1.82) is 1.34 Å². The van der Waals surface area contributed by atoms with Crippen LogP contribution in [-0.4, -0.2) is 152 Å². The number of carbonyl (C=O) groups excluding carboxylic acids is 2. The molecule has 3 N–H and O–H groups in total. The van der Waals surface area contributed by atoms with Crippen molar-refractivity contribution in [3.8, 4) is 85.0 Å². The Morgan fingerprint density at radius 1 is 0.596 bits per heavy atom. The molecule has 4 aliphatic heterocycles. The van der Waals surface area contributed by atoms with Gasteiger partial charge >= 0.3 is 0 Å². The molecule has 14 rings (SSSR count). The first-order chi connectivity index (χ1) is 42.8. The maximum Gasteiger partial charge on any atom is 0.298 e. The molecule has 2 saturated heterocycles. The normalized spacial score (nSPS) is 14.0. The van der Waals surface area contributed by atoms with Crippen LogP contribution in [0.5, 0.6) is 40.2 Å². The van der Waals surface area contributed by atoms with Gasteiger partial charge in [-0.25, -0.2) is 19.9 Å². The minimum atomic E-state index is -0.103. The molecule has 23 nitrogen and oxygen atoms in total. The number of rotatable bonds is 9. The SMILES string of the molecule is C.C.C1CCOCC1.CC.COc1cc2c(cc1-c1c(C)noc1C)[nH]c1nc(C)nc(-c3ccc(C(=O)N4CCOCC4)c4c3OCCO4)c12.COc1cc2c(cc1-c1c(C)noc1C)[nH]c1nc(C)nc(-c3ccc(OC=O)c4c3OCCO4)c12.[3H][B]O. The van der Waals surface area contributed by atoms with Crippen LogP contribution in [0.15, 0.2) is 57.6 Å². The molecule has 0 unspecified atom stereocenters. The summed E-state index contributed by atoms with van der Waals surface area (Å²) in [6, 6.07) is 15.2. The zero-order valence-electron chi connectivity index (χ0n) is 51.4. The van der Waals surface area contributed by atoms with Crippen LogP contribution in [0.25, 0.3) is 88.6 Å². The zero-order valence-corrected chi connectivity index (χ0v) is 50.4. The summed E-state index contributed by atoms with van der Waals surface area (Å²) in [5.41, 5.74) is 11.4. The number of fused-ring (bicyclic) bond motifs is 8. The van der Waals surface area contributed by atoms with E-state index in [0.717, 1.165) is 85.0 Å². The number of aromatic amines is 2. The van der Waals surface area contributed by atoms with E-state index >= 15 is 0 Å². The van der Waals surface area contributed by atoms with Crippen molar-refractivity contribution < 1.29 is 66.3 Å². The van der Waals surface area contributed by atoms with Gasteiger partial charge in [-0.2, -0.15) is 0 Å². The lowest BCUT2D eigenvalue weighted by atomic mass is 9.98. The Morgan fingerprint density at radius 2 is 1.04 bits per heavy atom. The van der Waals surface area contributed by atoms with Crippen molar-refractivity contribution in [2.24, 2.45) is 0 Å². The molecule has 89 heavy (non-hydrogen) atoms. The molecule has 2 fully saturated rings. The number of aryl methyl sites for hydroxylation is 6. The Labute approximate surface area is 518 Å². The van der Waals surface area contributed by atoms with E-state index in [1.165, 1.54) is 19.3 Å². The lowest BCUT2D eigenvalue weighted by molar-refractivity contribution is -0.120. The van der Waals surface area contributed by atoms with Crippen molar-refractivity contribution in [1.82, 2.24) is 45.1 Å². The Hall–Kier alpha value is -9.26. The van der Waals surface area contributed by atoms with Crippen LogP contribution in [0.1, 0.15) is 92.9 Å². The summed E-state index contributed by atoms with van der Waals surface area (Å²) < 4.78 is 67.7. The number of amides is 1. The van der Waals surface area contributed by atoms with E-state index in [1.807, 2.05) is 91.8 Å². The van der Waals surface area contributed by atoms with Crippen LogP contribution in [0, 0.1) is 41.5 Å². The summed E-state index contributed by atoms with van der Waals surface area (Å²) in [5, 5.41) is 18.7. The molecule has 4 aromatic carbocycles. The minimum absolute atomic E-state index is 0. The fourth-order valence-electron chi connectivity index (χ4n) is 11.3. The summed E-state index contributed by atoms with van der Waals surface area (Å²) in [5.74, 6) is 5.90. The number of ether oxygens (including phenoxy) is 9. The monoisotopic (exact) mass is 1220 g/mol. The average Bonchev–Trinajstić information content (AvgIpc) is 1.53. The fraction of sp³-hybridized carbons (Fsp3) is 0.385. The van der Waals surface area contributed by atoms with Gasteiger partial charge in [0.1, 0.15) is 72.4 Å². The molecule has 0 bridgehead atoms. The first-order valence-electron chi connectivity index (χ1n) is 29.3. The molecule has 10 heterocycles. The molecule has 469 valence electrons. The molecule has 1 amide bonds. The predicted molar refractivity (Wildman–Crippen MR) is 340 cm³/mol. The van der Waals surface area contributed by atoms with E-state index in [1.54, 1.807) is 31.3 Å². The Balaban J connectivity index is 0.000000197. The van der Waals surface area contributed by atoms with E-state index in [4.69, 9.17) is 73.0 Å². The fourth-order valence-corrected chi connectivity index (χ4v) is 11.3. The maximum atomic E-state index is 13.4. The number of benzene rings is 4. The van der Waals surface area contributed by atoms with Crippen LogP contribution in [0.2, 0.25) is 0 Å². The van der Waals surface area contributed by atoms with E-state index in [-0.39, 0.29) is 34.5 Å². The predicted octanol–water partition coefficient (Wildman–Crippen LogP) is 11.6. The molecular weight excluding hydrogens is 1140 g/mol. The summed E-state index contributed by atoms with van der Waals surface area (Å²) >= 11 is 0. The second-order valence-corrected chi connectivity index (χ2v) is 20.3. The minimum Gasteiger partial charge on any atom is -0.496 e. The second kappa shape index (κ2) is 29.2. The molecule has 0 spiro atoms. The van der Waals surface area contributed by atoms with E-state index in [9.17, 15) is 9.59 Å². The lowest BCUT2D eigenvalue weighted by Crippen LogP contribution is -2.41. The summed E-state index contributed by atoms with van der Waals surface area (Å²) in [7, 11) is 3.53. The van der Waals surface area contributed by atoms with Crippen molar-refractivity contribution >= 4 is 64.3 Å². The molecule has 24 heteroatoms. The van der Waals surface area contributed by atoms with Gasteiger partial charge in [0.05, 0.1) is 77.7 Å². The number of hydrogen-bond donors (Lipinski definition) is 3. The van der Waals surface area contributed by atoms with Crippen molar-refractivity contribution in [3.63, 3.8) is 0 Å². The first-order valence-corrected chi connectivity index (χ1v) is 28.7. The highest BCUT2D eigenvalue weighted by Gasteiger charge is 2.32. The Morgan fingerprint density at radius 3 is 1.47 bits per heavy atom. The van der Waals surface area contributed by atoms with Crippen molar-refractivity contribution in [2.75, 3.05) is 80.2 Å². The molecular formula is C65H77BN9O14. The topological polar surface area (TPSA) is 276 Å². The number of nitrogens with zero attached hydrogens (tertiary/aromatic N) is 7. The van der Waals surface area contributed by atoms with Gasteiger partial charge in [0.2, 0.25) is 5.75 Å². The quantitative estimate of drug-likeness (QED) is 0.0894. The standard InChI is InChI=1S/C30H29N5O6.C26H22N4O6.C5H10O.C2H6.2CH4.BH2O/c1-15-24(16(2)41-34-15)21-13-22-20(14-23(21)37-4)25-26(31-17(3)32-29(25)33-22)18-5-6-19(28-27(18)39-11-12-40-28)30(36)35-7-9-38-10-8-35;1-12-21(13(2)36-30-12)17-9-18-16(10-20(17)32-4)22-23(27-14(3)28-26(22)29-18)15-5-6-19(35-11-31)25-24(15)33-7-8-34-25;1-2-4-6-5-3-1;1-2;;;1-2/h5-6,13-14H,7-12H2,1-4H3,(H,31,32,33);5-6,9-11H,7-8H2,1-4H3,(H,27,28,29);1-5H2;1-2H3;2*1H4;1-2H/i;;;;;;1T. The summed E-state index contributed by atoms with van der Waals surface area (Å²) in [6.07, 6.45) is 3.93. The molecule has 0 aliphatic carbocycles. The molecule has 0 saturated carbocycles. The van der Waals surface area contributed by atoms with Crippen LogP contribution in [0.3, 0.4) is 0 Å². The lowest BCUT2D eigenvalue weighted by Gasteiger charge is -2.29. The number of H-pyrrole nitrogens is 2. The van der Waals surface area contributed by atoms with Crippen LogP contribution in [-0.2, 0) is 14.3 Å². The number of aromatic nitrogens is 8. The molecule has 1 radical (unpaired) electrons. The van der Waals surface area contributed by atoms with Gasteiger partial charge in [-0.3, -0.25) is 9.59 Å². The van der Waals surface area contributed by atoms with Crippen LogP contribution >= 0.6 is 0 Å². The first kappa shape index (κ1) is 64.2. The number of nitrogens with one attached hydrogen (secondary N) is 2. The van der Waals surface area contributed by atoms with Gasteiger partial charge in [-0.1, -0.05) is 39.0 Å². The number of carbonyl (C=O) groups is 2. The van der Waals surface area contributed by atoms with E-state index < -0.39 is 0 Å². The van der Waals surface area contributed by atoms with Crippen molar-refractivity contribution in [3.05, 3.63) is 88.7 Å². The summed E-state index contributed by atoms with van der Waals surface area (Å²) in [6.45, 7) is 21.2. The van der Waals surface area contributed by atoms with Crippen LogP contribution < -0.4 is 33.2 Å². The van der Waals surface area contributed by atoms with Gasteiger partial charge in [0.15, 0.2) is 23.0 Å². The second-order valence-electron chi connectivity index (χ2n) is 20.3. The number of methoxy groups -OCH3 is 2. The van der Waals surface area contributed by atoms with Crippen LogP contribution in [0.4, 0.5) is 0 Å². The van der Waals surface area contributed by atoms with Gasteiger partial charge in [-0.05, 0) is 109 Å². The average molecular weight is 1220 g/mol. The van der Waals surface area contributed by atoms with Gasteiger partial charge in [-0.15, -0.1) is 0 Å². The number of morpholine rings is 1. The van der Waals surface area contributed by atoms with E-state index in [0.29, 0.717) is 151 Å². The zero-order chi connectivity index (χ0) is 62.2. The molecule has 10 aromatic rings. The molecule has 4 aliphatic rings. The number of hydrogen-bond acceptors (Lipinski definition) is 20.